The van der Waals surface area contributed by atoms with Crippen LogP contribution in [-0.2, 0) is 11.3 Å². The van der Waals surface area contributed by atoms with Crippen molar-refractivity contribution in [1.29, 1.82) is 0 Å². The number of rotatable bonds is 5. The van der Waals surface area contributed by atoms with Crippen molar-refractivity contribution in [2.24, 2.45) is 11.8 Å². The van der Waals surface area contributed by atoms with Crippen molar-refractivity contribution in [1.82, 2.24) is 24.8 Å². The number of thiophene rings is 1. The standard InChI is InChI=1S/C26H35N7O2S/c1-26(2,34)19-3-6-32(7-4-19)13-18-15-36-23-21(17-10-28-24(27)29-11-17)30-25(31-22(18)23)33-12-16-5-8-35-14-20(33)9-16/h10-11,15-16,19-20,34H,3-9,12-14H2,1-2H3,(H2,27,28,29). The fourth-order valence-electron chi connectivity index (χ4n) is 5.98. The largest absolute Gasteiger partial charge is 0.390 e. The molecule has 10 heteroatoms. The van der Waals surface area contributed by atoms with Gasteiger partial charge in [0.1, 0.15) is 0 Å². The van der Waals surface area contributed by atoms with Crippen LogP contribution in [0.15, 0.2) is 17.8 Å². The molecule has 3 N–H and O–H groups in total. The van der Waals surface area contributed by atoms with Gasteiger partial charge in [0.2, 0.25) is 11.9 Å². The average molecular weight is 510 g/mol. The molecule has 3 aromatic heterocycles. The number of aliphatic hydroxyl groups is 1. The number of aromatic nitrogens is 4. The maximum atomic E-state index is 10.4. The Kier molecular flexibility index (Phi) is 6.31. The maximum Gasteiger partial charge on any atom is 0.226 e. The van der Waals surface area contributed by atoms with Crippen LogP contribution in [0.4, 0.5) is 11.9 Å². The van der Waals surface area contributed by atoms with Crippen LogP contribution in [0.2, 0.25) is 0 Å². The van der Waals surface area contributed by atoms with E-state index in [1.54, 1.807) is 23.7 Å². The molecule has 3 saturated heterocycles. The molecule has 2 bridgehead atoms. The Hall–Kier alpha value is -2.40. The van der Waals surface area contributed by atoms with Crippen molar-refractivity contribution in [3.63, 3.8) is 0 Å². The Morgan fingerprint density at radius 1 is 1.17 bits per heavy atom. The van der Waals surface area contributed by atoms with E-state index in [0.717, 1.165) is 92.5 Å². The Morgan fingerprint density at radius 3 is 2.69 bits per heavy atom. The minimum absolute atomic E-state index is 0.257. The zero-order valence-electron chi connectivity index (χ0n) is 21.1. The fourth-order valence-corrected chi connectivity index (χ4v) is 6.99. The molecule has 3 aliphatic rings. The molecule has 2 unspecified atom stereocenters. The Bertz CT molecular complexity index is 1220. The van der Waals surface area contributed by atoms with Gasteiger partial charge in [-0.3, -0.25) is 4.90 Å². The van der Waals surface area contributed by atoms with Gasteiger partial charge in [0.25, 0.3) is 0 Å². The lowest BCUT2D eigenvalue weighted by atomic mass is 9.83. The van der Waals surface area contributed by atoms with Gasteiger partial charge in [-0.05, 0) is 69.8 Å². The van der Waals surface area contributed by atoms with Crippen LogP contribution in [0.3, 0.4) is 0 Å². The maximum absolute atomic E-state index is 10.4. The van der Waals surface area contributed by atoms with E-state index in [4.69, 9.17) is 20.4 Å². The van der Waals surface area contributed by atoms with E-state index in [2.05, 4.69) is 25.1 Å². The minimum Gasteiger partial charge on any atom is -0.390 e. The molecule has 192 valence electrons. The van der Waals surface area contributed by atoms with E-state index in [1.807, 2.05) is 13.8 Å². The molecule has 0 spiro atoms. The SMILES string of the molecule is CC(C)(O)C1CCN(Cc2csc3c(-c4cnc(N)nc4)nc(N4CC5CCOCC4C5)nc23)CC1. The van der Waals surface area contributed by atoms with Gasteiger partial charge in [0.15, 0.2) is 0 Å². The third-order valence-corrected chi connectivity index (χ3v) is 9.17. The van der Waals surface area contributed by atoms with Crippen molar-refractivity contribution in [2.45, 2.75) is 57.7 Å². The van der Waals surface area contributed by atoms with Crippen LogP contribution >= 0.6 is 11.3 Å². The highest BCUT2D eigenvalue weighted by atomic mass is 32.1. The van der Waals surface area contributed by atoms with Crippen LogP contribution in [0.5, 0.6) is 0 Å². The zero-order valence-corrected chi connectivity index (χ0v) is 21.9. The summed E-state index contributed by atoms with van der Waals surface area (Å²) < 4.78 is 6.94. The highest BCUT2D eigenvalue weighted by Gasteiger charge is 2.36. The second-order valence-corrected chi connectivity index (χ2v) is 12.0. The number of nitrogens with zero attached hydrogens (tertiary/aromatic N) is 6. The van der Waals surface area contributed by atoms with E-state index >= 15 is 0 Å². The molecule has 0 aromatic carbocycles. The van der Waals surface area contributed by atoms with Crippen molar-refractivity contribution in [3.05, 3.63) is 23.3 Å². The first-order valence-electron chi connectivity index (χ1n) is 13.0. The Balaban J connectivity index is 1.35. The highest BCUT2D eigenvalue weighted by Crippen LogP contribution is 2.38. The summed E-state index contributed by atoms with van der Waals surface area (Å²) in [5, 5.41) is 12.7. The molecule has 0 radical (unpaired) electrons. The summed E-state index contributed by atoms with van der Waals surface area (Å²) in [6.07, 6.45) is 7.76. The van der Waals surface area contributed by atoms with Crippen LogP contribution in [0.1, 0.15) is 45.1 Å². The fraction of sp³-hybridized carbons (Fsp3) is 0.615. The smallest absolute Gasteiger partial charge is 0.226 e. The molecule has 2 atom stereocenters. The number of likely N-dealkylation sites (tertiary alicyclic amines) is 1. The summed E-state index contributed by atoms with van der Waals surface area (Å²) in [7, 11) is 0. The van der Waals surface area contributed by atoms with E-state index in [0.29, 0.717) is 17.9 Å². The number of hydrogen-bond donors (Lipinski definition) is 2. The van der Waals surface area contributed by atoms with Gasteiger partial charge in [-0.1, -0.05) is 0 Å². The molecule has 0 amide bonds. The van der Waals surface area contributed by atoms with Gasteiger partial charge in [-0.15, -0.1) is 11.3 Å². The lowest BCUT2D eigenvalue weighted by Crippen LogP contribution is -2.41. The summed E-state index contributed by atoms with van der Waals surface area (Å²) in [6.45, 7) is 9.23. The predicted molar refractivity (Wildman–Crippen MR) is 142 cm³/mol. The minimum atomic E-state index is -0.615. The lowest BCUT2D eigenvalue weighted by Gasteiger charge is -2.37. The zero-order chi connectivity index (χ0) is 24.9. The molecule has 3 aromatic rings. The number of anilines is 2. The molecule has 0 saturated carbocycles. The number of nitrogens with two attached hydrogens (primary N) is 1. The third-order valence-electron chi connectivity index (χ3n) is 8.14. The van der Waals surface area contributed by atoms with Crippen LogP contribution in [0.25, 0.3) is 21.5 Å². The van der Waals surface area contributed by atoms with Crippen molar-refractivity contribution < 1.29 is 9.84 Å². The third kappa shape index (κ3) is 4.67. The molecule has 3 aliphatic heterocycles. The molecular formula is C26H35N7O2S. The number of ether oxygens (including phenoxy) is 1. The van der Waals surface area contributed by atoms with Crippen molar-refractivity contribution in [2.75, 3.05) is 43.5 Å². The summed E-state index contributed by atoms with van der Waals surface area (Å²) in [4.78, 5) is 23.5. The summed E-state index contributed by atoms with van der Waals surface area (Å²) in [6, 6.07) is 0.313. The number of fused-ring (bicyclic) bond motifs is 3. The Morgan fingerprint density at radius 2 is 1.94 bits per heavy atom. The highest BCUT2D eigenvalue weighted by molar-refractivity contribution is 7.17. The van der Waals surface area contributed by atoms with Gasteiger partial charge in [-0.25, -0.2) is 19.9 Å². The summed E-state index contributed by atoms with van der Waals surface area (Å²) in [5.41, 5.74) is 9.12. The van der Waals surface area contributed by atoms with Crippen LogP contribution in [0, 0.1) is 11.8 Å². The van der Waals surface area contributed by atoms with E-state index < -0.39 is 5.60 Å². The number of piperidine rings is 1. The monoisotopic (exact) mass is 509 g/mol. The molecule has 6 rings (SSSR count). The Labute approximate surface area is 215 Å². The molecular weight excluding hydrogens is 474 g/mol. The number of nitrogen functional groups attached to an aromatic ring is 1. The van der Waals surface area contributed by atoms with Gasteiger partial charge >= 0.3 is 0 Å². The molecule has 9 nitrogen and oxygen atoms in total. The second-order valence-electron chi connectivity index (χ2n) is 11.1. The first-order valence-corrected chi connectivity index (χ1v) is 13.9. The summed E-state index contributed by atoms with van der Waals surface area (Å²) >= 11 is 1.69. The first-order chi connectivity index (χ1) is 17.3. The molecule has 6 heterocycles. The predicted octanol–water partition coefficient (Wildman–Crippen LogP) is 3.33. The van der Waals surface area contributed by atoms with Crippen molar-refractivity contribution in [3.8, 4) is 11.3 Å². The topological polar surface area (TPSA) is 114 Å². The summed E-state index contributed by atoms with van der Waals surface area (Å²) in [5.74, 6) is 2.00. The van der Waals surface area contributed by atoms with E-state index in [9.17, 15) is 5.11 Å². The van der Waals surface area contributed by atoms with Crippen LogP contribution in [-0.4, -0.2) is 74.4 Å². The number of hydrogen-bond acceptors (Lipinski definition) is 10. The van der Waals surface area contributed by atoms with Gasteiger partial charge in [0, 0.05) is 43.2 Å². The normalized spacial score (nSPS) is 23.9. The molecule has 0 aliphatic carbocycles. The average Bonchev–Trinajstić information content (AvgIpc) is 3.36. The molecule has 3 fully saturated rings. The van der Waals surface area contributed by atoms with Gasteiger partial charge < -0.3 is 20.5 Å². The van der Waals surface area contributed by atoms with E-state index in [-0.39, 0.29) is 5.95 Å². The first kappa shape index (κ1) is 24.0. The lowest BCUT2D eigenvalue weighted by molar-refractivity contribution is -0.0135. The second kappa shape index (κ2) is 9.48. The van der Waals surface area contributed by atoms with Gasteiger partial charge in [0.05, 0.1) is 34.2 Å². The molecule has 36 heavy (non-hydrogen) atoms. The van der Waals surface area contributed by atoms with Crippen LogP contribution < -0.4 is 10.6 Å². The quantitative estimate of drug-likeness (QED) is 0.535. The van der Waals surface area contributed by atoms with Gasteiger partial charge in [-0.2, -0.15) is 0 Å². The van der Waals surface area contributed by atoms with Crippen molar-refractivity contribution >= 4 is 33.5 Å². The van der Waals surface area contributed by atoms with E-state index in [1.165, 1.54) is 5.56 Å².